The molecule has 0 fully saturated rings. The monoisotopic (exact) mass is 431 g/mol. The summed E-state index contributed by atoms with van der Waals surface area (Å²) in [7, 11) is -3.64. The van der Waals surface area contributed by atoms with E-state index in [0.29, 0.717) is 16.5 Å². The quantitative estimate of drug-likeness (QED) is 0.549. The third kappa shape index (κ3) is 2.62. The van der Waals surface area contributed by atoms with E-state index >= 15 is 0 Å². The van der Waals surface area contributed by atoms with Gasteiger partial charge in [0.05, 0.1) is 16.6 Å². The van der Waals surface area contributed by atoms with Crippen molar-refractivity contribution < 1.29 is 12.8 Å². The molecular weight excluding hydrogens is 416 g/mol. The largest absolute Gasteiger partial charge is 0.264 e. The Morgan fingerprint density at radius 2 is 1.91 bits per heavy atom. The molecule has 0 N–H and O–H groups in total. The number of aryl methyl sites for hydroxylation is 1. The molecule has 3 nitrogen and oxygen atoms in total. The summed E-state index contributed by atoms with van der Waals surface area (Å²) in [5.41, 5.74) is 2.34. The minimum Gasteiger partial charge on any atom is -0.262 e. The Hall–Kier alpha value is -1.15. The zero-order valence-electron chi connectivity index (χ0n) is 12.0. The molecule has 1 aliphatic heterocycles. The molecule has 0 unspecified atom stereocenters. The fraction of sp³-hybridized carbons (Fsp3) is 0.250. The van der Waals surface area contributed by atoms with Crippen LogP contribution in [0, 0.1) is 12.7 Å². The van der Waals surface area contributed by atoms with Crippen molar-refractivity contribution in [3.05, 3.63) is 59.4 Å². The van der Waals surface area contributed by atoms with Crippen molar-refractivity contribution in [2.45, 2.75) is 24.3 Å². The zero-order chi connectivity index (χ0) is 15.9. The average molecular weight is 431 g/mol. The second-order valence-electron chi connectivity index (χ2n) is 5.40. The molecule has 22 heavy (non-hydrogen) atoms. The van der Waals surface area contributed by atoms with Crippen LogP contribution in [0.1, 0.15) is 11.1 Å². The first kappa shape index (κ1) is 15.7. The van der Waals surface area contributed by atoms with Crippen molar-refractivity contribution >= 4 is 38.3 Å². The minimum atomic E-state index is -3.64. The van der Waals surface area contributed by atoms with Crippen LogP contribution in [0.15, 0.2) is 47.4 Å². The number of halogens is 2. The molecule has 0 saturated heterocycles. The molecule has 2 aromatic rings. The van der Waals surface area contributed by atoms with Gasteiger partial charge in [0.2, 0.25) is 0 Å². The van der Waals surface area contributed by atoms with Crippen LogP contribution in [-0.4, -0.2) is 18.9 Å². The predicted octanol–water partition coefficient (Wildman–Crippen LogP) is 3.69. The van der Waals surface area contributed by atoms with Gasteiger partial charge in [0.25, 0.3) is 10.0 Å². The summed E-state index contributed by atoms with van der Waals surface area (Å²) in [6.45, 7) is 1.91. The van der Waals surface area contributed by atoms with E-state index in [1.807, 2.05) is 6.92 Å². The molecule has 1 atom stereocenters. The molecule has 1 heterocycles. The van der Waals surface area contributed by atoms with Crippen molar-refractivity contribution in [2.75, 3.05) is 8.73 Å². The molecule has 6 heteroatoms. The first-order chi connectivity index (χ1) is 10.4. The van der Waals surface area contributed by atoms with Crippen LogP contribution in [0.5, 0.6) is 0 Å². The zero-order valence-corrected chi connectivity index (χ0v) is 14.9. The number of benzene rings is 2. The maximum Gasteiger partial charge on any atom is 0.264 e. The van der Waals surface area contributed by atoms with Gasteiger partial charge in [0, 0.05) is 4.43 Å². The van der Waals surface area contributed by atoms with Crippen LogP contribution in [0.2, 0.25) is 0 Å². The summed E-state index contributed by atoms with van der Waals surface area (Å²) < 4.78 is 41.5. The molecular formula is C16H15FINO2S. The third-order valence-electron chi connectivity index (χ3n) is 3.82. The lowest BCUT2D eigenvalue weighted by Gasteiger charge is -2.25. The van der Waals surface area contributed by atoms with Gasteiger partial charge in [-0.3, -0.25) is 4.31 Å². The summed E-state index contributed by atoms with van der Waals surface area (Å²) in [5.74, 6) is -0.333. The smallest absolute Gasteiger partial charge is 0.262 e. The first-order valence-electron chi connectivity index (χ1n) is 6.89. The molecule has 1 aliphatic rings. The lowest BCUT2D eigenvalue weighted by molar-refractivity contribution is 0.585. The Morgan fingerprint density at radius 3 is 2.55 bits per heavy atom. The molecule has 2 aromatic carbocycles. The summed E-state index contributed by atoms with van der Waals surface area (Å²) in [4.78, 5) is 0.269. The second kappa shape index (κ2) is 5.81. The van der Waals surface area contributed by atoms with E-state index in [1.165, 1.54) is 16.4 Å². The topological polar surface area (TPSA) is 37.4 Å². The van der Waals surface area contributed by atoms with E-state index in [2.05, 4.69) is 22.6 Å². The normalized spacial score (nSPS) is 17.6. The third-order valence-corrected chi connectivity index (χ3v) is 6.72. The predicted molar refractivity (Wildman–Crippen MR) is 93.6 cm³/mol. The number of hydrogen-bond acceptors (Lipinski definition) is 2. The van der Waals surface area contributed by atoms with Crippen LogP contribution in [0.3, 0.4) is 0 Å². The summed E-state index contributed by atoms with van der Waals surface area (Å²) in [6.07, 6.45) is 0.543. The molecule has 0 bridgehead atoms. The van der Waals surface area contributed by atoms with Crippen LogP contribution in [-0.2, 0) is 16.4 Å². The Morgan fingerprint density at radius 1 is 1.23 bits per heavy atom. The second-order valence-corrected chi connectivity index (χ2v) is 8.09. The van der Waals surface area contributed by atoms with E-state index < -0.39 is 10.0 Å². The van der Waals surface area contributed by atoms with Gasteiger partial charge in [-0.1, -0.05) is 40.3 Å². The van der Waals surface area contributed by atoms with Crippen LogP contribution in [0.4, 0.5) is 10.1 Å². The Balaban J connectivity index is 2.11. The highest BCUT2D eigenvalue weighted by Gasteiger charge is 2.37. The maximum absolute atomic E-state index is 13.4. The van der Waals surface area contributed by atoms with Crippen LogP contribution >= 0.6 is 22.6 Å². The highest BCUT2D eigenvalue weighted by atomic mass is 127. The first-order valence-corrected chi connectivity index (χ1v) is 9.85. The van der Waals surface area contributed by atoms with Gasteiger partial charge in [-0.25, -0.2) is 12.8 Å². The summed E-state index contributed by atoms with van der Waals surface area (Å²) in [6, 6.07) is 10.9. The molecule has 0 saturated carbocycles. The van der Waals surface area contributed by atoms with Crippen molar-refractivity contribution in [3.63, 3.8) is 0 Å². The Bertz CT molecular complexity index is 805. The number of hydrogen-bond donors (Lipinski definition) is 0. The molecule has 0 spiro atoms. The number of nitrogens with zero attached hydrogens (tertiary/aromatic N) is 1. The standard InChI is InChI=1S/C16H15FINO2S/c1-11-2-5-15(6-3-11)22(20,21)19-14(10-18)9-12-8-13(17)4-7-16(12)19/h2-8,14H,9-10H2,1H3/t14-/m0/s1. The SMILES string of the molecule is Cc1ccc(S(=O)(=O)N2c3ccc(F)cc3C[C@H]2CI)cc1. The number of anilines is 1. The lowest BCUT2D eigenvalue weighted by Crippen LogP contribution is -2.38. The van der Waals surface area contributed by atoms with Gasteiger partial charge < -0.3 is 0 Å². The van der Waals surface area contributed by atoms with E-state index in [1.54, 1.807) is 30.3 Å². The Kier molecular flexibility index (Phi) is 4.15. The number of alkyl halides is 1. The van der Waals surface area contributed by atoms with Crippen molar-refractivity contribution in [2.24, 2.45) is 0 Å². The molecule has 3 rings (SSSR count). The van der Waals surface area contributed by atoms with Crippen LogP contribution < -0.4 is 4.31 Å². The molecule has 0 amide bonds. The van der Waals surface area contributed by atoms with E-state index in [4.69, 9.17) is 0 Å². The minimum absolute atomic E-state index is 0.177. The van der Waals surface area contributed by atoms with Gasteiger partial charge >= 0.3 is 0 Å². The highest BCUT2D eigenvalue weighted by Crippen LogP contribution is 2.37. The lowest BCUT2D eigenvalue weighted by atomic mass is 10.1. The average Bonchev–Trinajstić information content (AvgIpc) is 2.85. The molecule has 0 aromatic heterocycles. The van der Waals surface area contributed by atoms with Gasteiger partial charge in [-0.05, 0) is 49.2 Å². The number of fused-ring (bicyclic) bond motifs is 1. The van der Waals surface area contributed by atoms with Gasteiger partial charge in [0.1, 0.15) is 5.82 Å². The van der Waals surface area contributed by atoms with Crippen LogP contribution in [0.25, 0.3) is 0 Å². The van der Waals surface area contributed by atoms with E-state index in [9.17, 15) is 12.8 Å². The van der Waals surface area contributed by atoms with Crippen molar-refractivity contribution in [3.8, 4) is 0 Å². The van der Waals surface area contributed by atoms with Crippen molar-refractivity contribution in [1.29, 1.82) is 0 Å². The molecule has 0 radical (unpaired) electrons. The van der Waals surface area contributed by atoms with Crippen molar-refractivity contribution in [1.82, 2.24) is 0 Å². The van der Waals surface area contributed by atoms with Gasteiger partial charge in [-0.15, -0.1) is 0 Å². The number of rotatable bonds is 3. The number of sulfonamides is 1. The summed E-state index contributed by atoms with van der Waals surface area (Å²) in [5, 5.41) is 0. The van der Waals surface area contributed by atoms with E-state index in [-0.39, 0.29) is 16.8 Å². The highest BCUT2D eigenvalue weighted by molar-refractivity contribution is 14.1. The molecule has 0 aliphatic carbocycles. The van der Waals surface area contributed by atoms with Gasteiger partial charge in [-0.2, -0.15) is 0 Å². The summed E-state index contributed by atoms with van der Waals surface area (Å²) >= 11 is 2.18. The fourth-order valence-electron chi connectivity index (χ4n) is 2.73. The van der Waals surface area contributed by atoms with Gasteiger partial charge in [0.15, 0.2) is 0 Å². The Labute approximate surface area is 143 Å². The molecule has 116 valence electrons. The van der Waals surface area contributed by atoms with E-state index in [0.717, 1.165) is 11.1 Å². The fourth-order valence-corrected chi connectivity index (χ4v) is 5.39. The maximum atomic E-state index is 13.4.